The van der Waals surface area contributed by atoms with Crippen molar-refractivity contribution in [2.24, 2.45) is 5.92 Å². The Kier molecular flexibility index (Phi) is 4.65. The van der Waals surface area contributed by atoms with Gasteiger partial charge in [0.2, 0.25) is 0 Å². The van der Waals surface area contributed by atoms with Gasteiger partial charge in [-0.05, 0) is 43.0 Å². The summed E-state index contributed by atoms with van der Waals surface area (Å²) in [5, 5.41) is 9.14. The van der Waals surface area contributed by atoms with Crippen LogP contribution < -0.4 is 0 Å². The molecule has 0 bridgehead atoms. The topological polar surface area (TPSA) is 23.5 Å². The quantitative estimate of drug-likeness (QED) is 0.865. The molecule has 1 fully saturated rings. The van der Waals surface area contributed by atoms with Crippen molar-refractivity contribution < 1.29 is 22.7 Å². The lowest BCUT2D eigenvalue weighted by Gasteiger charge is -2.32. The fourth-order valence-electron chi connectivity index (χ4n) is 2.64. The number of hydrogen-bond donors (Lipinski definition) is 1. The van der Waals surface area contributed by atoms with Crippen LogP contribution in [0.3, 0.4) is 0 Å². The zero-order valence-electron chi connectivity index (χ0n) is 11.0. The number of likely N-dealkylation sites (tertiary alicyclic amines) is 1. The Morgan fingerprint density at radius 1 is 1.30 bits per heavy atom. The average Bonchev–Trinajstić information content (AvgIpc) is 2.40. The van der Waals surface area contributed by atoms with Crippen molar-refractivity contribution in [1.82, 2.24) is 4.90 Å². The number of aliphatic hydroxyl groups is 1. The molecule has 20 heavy (non-hydrogen) atoms. The first-order valence-electron chi connectivity index (χ1n) is 6.59. The number of benzene rings is 1. The standard InChI is InChI=1S/C14H17F4NO/c15-12-4-3-11(13(6-12)14(16,17)18)8-19-5-1-2-10(7-19)9-20/h3-4,6,10,20H,1-2,5,7-9H2. The van der Waals surface area contributed by atoms with Crippen LogP contribution in [0.4, 0.5) is 17.6 Å². The van der Waals surface area contributed by atoms with Crippen LogP contribution in [0.15, 0.2) is 18.2 Å². The Balaban J connectivity index is 2.16. The molecule has 1 aromatic carbocycles. The molecule has 1 aliphatic heterocycles. The Hall–Kier alpha value is -1.14. The molecule has 0 amide bonds. The molecule has 1 atom stereocenters. The second-order valence-electron chi connectivity index (χ2n) is 5.23. The van der Waals surface area contributed by atoms with Crippen molar-refractivity contribution in [2.45, 2.75) is 25.6 Å². The first-order valence-corrected chi connectivity index (χ1v) is 6.59. The first-order chi connectivity index (χ1) is 9.40. The number of hydrogen-bond acceptors (Lipinski definition) is 2. The van der Waals surface area contributed by atoms with Crippen molar-refractivity contribution in [3.63, 3.8) is 0 Å². The number of halogens is 4. The van der Waals surface area contributed by atoms with Gasteiger partial charge in [-0.1, -0.05) is 6.07 Å². The Bertz CT molecular complexity index is 461. The minimum absolute atomic E-state index is 0.0477. The van der Waals surface area contributed by atoms with Gasteiger partial charge in [0.1, 0.15) is 5.82 Å². The first kappa shape index (κ1) is 15.3. The minimum Gasteiger partial charge on any atom is -0.396 e. The van der Waals surface area contributed by atoms with Gasteiger partial charge in [0, 0.05) is 19.7 Å². The van der Waals surface area contributed by atoms with Crippen LogP contribution in [-0.2, 0) is 12.7 Å². The third-order valence-corrected chi connectivity index (χ3v) is 3.63. The number of piperidine rings is 1. The van der Waals surface area contributed by atoms with Crippen molar-refractivity contribution in [1.29, 1.82) is 0 Å². The van der Waals surface area contributed by atoms with Crippen LogP contribution in [-0.4, -0.2) is 29.7 Å². The SMILES string of the molecule is OCC1CCCN(Cc2ccc(F)cc2C(F)(F)F)C1. The highest BCUT2D eigenvalue weighted by molar-refractivity contribution is 5.30. The number of aliphatic hydroxyl groups excluding tert-OH is 1. The third kappa shape index (κ3) is 3.70. The van der Waals surface area contributed by atoms with Gasteiger partial charge in [-0.2, -0.15) is 13.2 Å². The molecule has 0 radical (unpaired) electrons. The highest BCUT2D eigenvalue weighted by atomic mass is 19.4. The molecule has 1 aliphatic rings. The predicted molar refractivity (Wildman–Crippen MR) is 66.5 cm³/mol. The summed E-state index contributed by atoms with van der Waals surface area (Å²) >= 11 is 0. The predicted octanol–water partition coefficient (Wildman–Crippen LogP) is 3.05. The normalized spacial score (nSPS) is 21.1. The van der Waals surface area contributed by atoms with Gasteiger partial charge in [-0.3, -0.25) is 4.90 Å². The maximum absolute atomic E-state index is 13.0. The summed E-state index contributed by atoms with van der Waals surface area (Å²) in [6.45, 7) is 1.45. The van der Waals surface area contributed by atoms with E-state index in [1.54, 1.807) is 0 Å². The number of nitrogens with zero attached hydrogens (tertiary/aromatic N) is 1. The molecular formula is C14H17F4NO. The van der Waals surface area contributed by atoms with Crippen molar-refractivity contribution >= 4 is 0 Å². The van der Waals surface area contributed by atoms with Crippen molar-refractivity contribution in [3.8, 4) is 0 Å². The van der Waals surface area contributed by atoms with E-state index in [-0.39, 0.29) is 24.6 Å². The van der Waals surface area contributed by atoms with E-state index in [1.807, 2.05) is 4.90 Å². The minimum atomic E-state index is -4.55. The molecule has 1 heterocycles. The molecular weight excluding hydrogens is 274 g/mol. The summed E-state index contributed by atoms with van der Waals surface area (Å²) in [6, 6.07) is 2.79. The van der Waals surface area contributed by atoms with Gasteiger partial charge in [-0.15, -0.1) is 0 Å². The molecule has 1 N–H and O–H groups in total. The molecule has 1 saturated heterocycles. The van der Waals surface area contributed by atoms with E-state index in [0.717, 1.165) is 18.9 Å². The Morgan fingerprint density at radius 2 is 2.05 bits per heavy atom. The van der Waals surface area contributed by atoms with E-state index >= 15 is 0 Å². The van der Waals surface area contributed by atoms with E-state index in [9.17, 15) is 17.6 Å². The zero-order valence-corrected chi connectivity index (χ0v) is 11.0. The lowest BCUT2D eigenvalue weighted by atomic mass is 9.97. The fourth-order valence-corrected chi connectivity index (χ4v) is 2.64. The Morgan fingerprint density at radius 3 is 2.70 bits per heavy atom. The van der Waals surface area contributed by atoms with Crippen LogP contribution >= 0.6 is 0 Å². The second-order valence-corrected chi connectivity index (χ2v) is 5.23. The van der Waals surface area contributed by atoms with Gasteiger partial charge in [0.05, 0.1) is 5.56 Å². The molecule has 0 spiro atoms. The van der Waals surface area contributed by atoms with Crippen LogP contribution in [0.5, 0.6) is 0 Å². The smallest absolute Gasteiger partial charge is 0.396 e. The summed E-state index contributed by atoms with van der Waals surface area (Å²) in [5.74, 6) is -0.772. The third-order valence-electron chi connectivity index (χ3n) is 3.63. The monoisotopic (exact) mass is 291 g/mol. The molecule has 6 heteroatoms. The van der Waals surface area contributed by atoms with E-state index in [4.69, 9.17) is 5.11 Å². The second kappa shape index (κ2) is 6.10. The summed E-state index contributed by atoms with van der Waals surface area (Å²) < 4.78 is 51.7. The lowest BCUT2D eigenvalue weighted by molar-refractivity contribution is -0.138. The molecule has 0 aliphatic carbocycles. The lowest BCUT2D eigenvalue weighted by Crippen LogP contribution is -2.36. The average molecular weight is 291 g/mol. The Labute approximate surface area is 115 Å². The maximum atomic E-state index is 13.0. The highest BCUT2D eigenvalue weighted by Gasteiger charge is 2.34. The molecule has 112 valence electrons. The fraction of sp³-hybridized carbons (Fsp3) is 0.571. The molecule has 2 nitrogen and oxygen atoms in total. The van der Waals surface area contributed by atoms with Crippen LogP contribution in [0.25, 0.3) is 0 Å². The molecule has 0 saturated carbocycles. The van der Waals surface area contributed by atoms with E-state index in [2.05, 4.69) is 0 Å². The van der Waals surface area contributed by atoms with E-state index in [1.165, 1.54) is 6.07 Å². The summed E-state index contributed by atoms with van der Waals surface area (Å²) in [6.07, 6.45) is -2.81. The van der Waals surface area contributed by atoms with Crippen LogP contribution in [0.1, 0.15) is 24.0 Å². The zero-order chi connectivity index (χ0) is 14.8. The van der Waals surface area contributed by atoms with Crippen LogP contribution in [0.2, 0.25) is 0 Å². The van der Waals surface area contributed by atoms with Gasteiger partial charge in [0.15, 0.2) is 0 Å². The van der Waals surface area contributed by atoms with Gasteiger partial charge >= 0.3 is 6.18 Å². The molecule has 2 rings (SSSR count). The van der Waals surface area contributed by atoms with Crippen molar-refractivity contribution in [2.75, 3.05) is 19.7 Å². The van der Waals surface area contributed by atoms with Gasteiger partial charge < -0.3 is 5.11 Å². The van der Waals surface area contributed by atoms with E-state index in [0.29, 0.717) is 19.2 Å². The largest absolute Gasteiger partial charge is 0.416 e. The van der Waals surface area contributed by atoms with Crippen LogP contribution in [0, 0.1) is 11.7 Å². The summed E-state index contributed by atoms with van der Waals surface area (Å²) in [4.78, 5) is 1.88. The summed E-state index contributed by atoms with van der Waals surface area (Å²) in [5.41, 5.74) is -0.832. The molecule has 1 aromatic rings. The molecule has 0 aromatic heterocycles. The number of alkyl halides is 3. The highest BCUT2D eigenvalue weighted by Crippen LogP contribution is 2.33. The molecule has 1 unspecified atom stereocenters. The van der Waals surface area contributed by atoms with Crippen molar-refractivity contribution in [3.05, 3.63) is 35.1 Å². The van der Waals surface area contributed by atoms with E-state index < -0.39 is 17.6 Å². The van der Waals surface area contributed by atoms with Gasteiger partial charge in [0.25, 0.3) is 0 Å². The number of rotatable bonds is 3. The van der Waals surface area contributed by atoms with Gasteiger partial charge in [-0.25, -0.2) is 4.39 Å². The maximum Gasteiger partial charge on any atom is 0.416 e. The summed E-state index contributed by atoms with van der Waals surface area (Å²) in [7, 11) is 0.